The minimum atomic E-state index is 0.0671. The van der Waals surface area contributed by atoms with Gasteiger partial charge in [0.2, 0.25) is 0 Å². The van der Waals surface area contributed by atoms with Crippen LogP contribution in [0.3, 0.4) is 0 Å². The van der Waals surface area contributed by atoms with E-state index >= 15 is 0 Å². The van der Waals surface area contributed by atoms with E-state index in [-0.39, 0.29) is 6.04 Å². The summed E-state index contributed by atoms with van der Waals surface area (Å²) in [5, 5.41) is 15.6. The molecule has 1 aliphatic carbocycles. The molecular weight excluding hydrogens is 214 g/mol. The average Bonchev–Trinajstić information content (AvgIpc) is 2.57. The summed E-state index contributed by atoms with van der Waals surface area (Å²) in [5.41, 5.74) is 9.23. The Morgan fingerprint density at radius 2 is 2.29 bits per heavy atom. The summed E-state index contributed by atoms with van der Waals surface area (Å²) >= 11 is 0. The van der Waals surface area contributed by atoms with Crippen LogP contribution in [0.4, 0.5) is 0 Å². The van der Waals surface area contributed by atoms with Crippen LogP contribution in [-0.2, 0) is 19.4 Å². The molecule has 1 heterocycles. The molecule has 1 aromatic carbocycles. The van der Waals surface area contributed by atoms with Crippen LogP contribution in [0, 0.1) is 0 Å². The first-order valence-electron chi connectivity index (χ1n) is 6.12. The van der Waals surface area contributed by atoms with E-state index in [1.165, 1.54) is 10.9 Å². The largest absolute Gasteiger partial charge is 0.508 e. The second-order valence-corrected chi connectivity index (χ2v) is 4.96. The molecular formula is C13H17N3O. The third kappa shape index (κ3) is 1.69. The van der Waals surface area contributed by atoms with E-state index in [4.69, 9.17) is 5.73 Å². The molecule has 0 radical (unpaired) electrons. The molecule has 17 heavy (non-hydrogen) atoms. The van der Waals surface area contributed by atoms with Gasteiger partial charge in [-0.25, -0.2) is 0 Å². The van der Waals surface area contributed by atoms with Gasteiger partial charge in [-0.1, -0.05) is 0 Å². The van der Waals surface area contributed by atoms with E-state index in [9.17, 15) is 5.11 Å². The van der Waals surface area contributed by atoms with Crippen molar-refractivity contribution in [2.45, 2.75) is 38.8 Å². The number of benzene rings is 1. The molecule has 1 unspecified atom stereocenters. The van der Waals surface area contributed by atoms with E-state index in [1.807, 2.05) is 17.7 Å². The fourth-order valence-electron chi connectivity index (χ4n) is 2.69. The predicted molar refractivity (Wildman–Crippen MR) is 67.1 cm³/mol. The molecule has 0 fully saturated rings. The van der Waals surface area contributed by atoms with E-state index < -0.39 is 0 Å². The first-order chi connectivity index (χ1) is 8.15. The molecule has 0 spiro atoms. The van der Waals surface area contributed by atoms with Crippen molar-refractivity contribution in [3.63, 3.8) is 0 Å². The van der Waals surface area contributed by atoms with Crippen LogP contribution in [0.2, 0.25) is 0 Å². The van der Waals surface area contributed by atoms with E-state index in [2.05, 4.69) is 5.10 Å². The number of nitrogens with zero attached hydrogens (tertiary/aromatic N) is 2. The normalized spacial score (nSPS) is 16.4. The highest BCUT2D eigenvalue weighted by Gasteiger charge is 2.19. The molecule has 0 saturated heterocycles. The van der Waals surface area contributed by atoms with Crippen molar-refractivity contribution >= 4 is 10.9 Å². The van der Waals surface area contributed by atoms with Crippen LogP contribution >= 0.6 is 0 Å². The summed E-state index contributed by atoms with van der Waals surface area (Å²) in [6, 6.07) is 3.73. The van der Waals surface area contributed by atoms with Gasteiger partial charge in [0.05, 0.1) is 17.8 Å². The van der Waals surface area contributed by atoms with Gasteiger partial charge in [-0.05, 0) is 37.8 Å². The standard InChI is InChI=1S/C13H17N3O/c1-8(14)7-16-12-6-10(17)5-9-3-2-4-11(15-16)13(9)12/h5-6,8,17H,2-4,7,14H2,1H3. The summed E-state index contributed by atoms with van der Waals surface area (Å²) in [5.74, 6) is 0.326. The maximum Gasteiger partial charge on any atom is 0.118 e. The Kier molecular flexibility index (Phi) is 2.33. The highest BCUT2D eigenvalue weighted by atomic mass is 16.3. The smallest absolute Gasteiger partial charge is 0.118 e. The molecule has 1 aromatic heterocycles. The molecule has 3 N–H and O–H groups in total. The number of aromatic nitrogens is 2. The van der Waals surface area contributed by atoms with Gasteiger partial charge in [-0.2, -0.15) is 5.10 Å². The Bertz CT molecular complexity index is 572. The first-order valence-corrected chi connectivity index (χ1v) is 6.12. The van der Waals surface area contributed by atoms with Crippen LogP contribution in [0.1, 0.15) is 24.6 Å². The lowest BCUT2D eigenvalue weighted by molar-refractivity contribution is 0.474. The van der Waals surface area contributed by atoms with Gasteiger partial charge in [0, 0.05) is 17.5 Å². The third-order valence-electron chi connectivity index (χ3n) is 3.31. The Labute approximate surface area is 100 Å². The molecule has 0 amide bonds. The molecule has 0 aliphatic heterocycles. The second-order valence-electron chi connectivity index (χ2n) is 4.96. The maximum atomic E-state index is 9.76. The number of rotatable bonds is 2. The lowest BCUT2D eigenvalue weighted by Gasteiger charge is -2.11. The zero-order valence-electron chi connectivity index (χ0n) is 9.98. The summed E-state index contributed by atoms with van der Waals surface area (Å²) in [6.07, 6.45) is 3.17. The van der Waals surface area contributed by atoms with Gasteiger partial charge in [-0.15, -0.1) is 0 Å². The average molecular weight is 231 g/mol. The molecule has 1 atom stereocenters. The second kappa shape index (κ2) is 3.74. The predicted octanol–water partition coefficient (Wildman–Crippen LogP) is 1.58. The number of hydrogen-bond acceptors (Lipinski definition) is 3. The van der Waals surface area contributed by atoms with Gasteiger partial charge in [0.1, 0.15) is 5.75 Å². The van der Waals surface area contributed by atoms with E-state index in [0.29, 0.717) is 12.3 Å². The zero-order chi connectivity index (χ0) is 12.0. The van der Waals surface area contributed by atoms with Gasteiger partial charge < -0.3 is 10.8 Å². The Balaban J connectivity index is 2.25. The van der Waals surface area contributed by atoms with Crippen LogP contribution < -0.4 is 5.73 Å². The fraction of sp³-hybridized carbons (Fsp3) is 0.462. The summed E-state index contributed by atoms with van der Waals surface area (Å²) in [7, 11) is 0. The number of phenols is 1. The maximum absolute atomic E-state index is 9.76. The minimum absolute atomic E-state index is 0.0671. The molecule has 0 bridgehead atoms. The van der Waals surface area contributed by atoms with Crippen molar-refractivity contribution in [1.29, 1.82) is 0 Å². The third-order valence-corrected chi connectivity index (χ3v) is 3.31. The van der Waals surface area contributed by atoms with Crippen molar-refractivity contribution in [2.24, 2.45) is 5.73 Å². The lowest BCUT2D eigenvalue weighted by Crippen LogP contribution is -2.22. The Hall–Kier alpha value is -1.55. The molecule has 4 heteroatoms. The highest BCUT2D eigenvalue weighted by Crippen LogP contribution is 2.32. The molecule has 90 valence electrons. The van der Waals surface area contributed by atoms with Crippen LogP contribution in [0.15, 0.2) is 12.1 Å². The quantitative estimate of drug-likeness (QED) is 0.824. The van der Waals surface area contributed by atoms with E-state index in [1.54, 1.807) is 6.07 Å². The van der Waals surface area contributed by atoms with E-state index in [0.717, 1.165) is 30.5 Å². The SMILES string of the molecule is CC(N)Cn1nc2c3c(cc(O)cc31)CCC2. The number of hydrogen-bond donors (Lipinski definition) is 2. The zero-order valence-corrected chi connectivity index (χ0v) is 9.98. The van der Waals surface area contributed by atoms with Crippen molar-refractivity contribution in [2.75, 3.05) is 0 Å². The van der Waals surface area contributed by atoms with Gasteiger partial charge in [0.25, 0.3) is 0 Å². The molecule has 3 rings (SSSR count). The summed E-state index contributed by atoms with van der Waals surface area (Å²) in [6.45, 7) is 2.66. The number of aryl methyl sites for hydroxylation is 2. The summed E-state index contributed by atoms with van der Waals surface area (Å²) in [4.78, 5) is 0. The van der Waals surface area contributed by atoms with Gasteiger partial charge in [-0.3, -0.25) is 4.68 Å². The topological polar surface area (TPSA) is 64.1 Å². The fourth-order valence-corrected chi connectivity index (χ4v) is 2.69. The molecule has 0 saturated carbocycles. The summed E-state index contributed by atoms with van der Waals surface area (Å²) < 4.78 is 1.93. The monoisotopic (exact) mass is 231 g/mol. The Morgan fingerprint density at radius 1 is 1.47 bits per heavy atom. The number of nitrogens with two attached hydrogens (primary N) is 1. The molecule has 4 nitrogen and oxygen atoms in total. The van der Waals surface area contributed by atoms with Crippen LogP contribution in [0.5, 0.6) is 5.75 Å². The number of phenolic OH excluding ortho intramolecular Hbond substituents is 1. The van der Waals surface area contributed by atoms with Gasteiger partial charge in [0.15, 0.2) is 0 Å². The van der Waals surface area contributed by atoms with Crippen molar-refractivity contribution in [1.82, 2.24) is 9.78 Å². The minimum Gasteiger partial charge on any atom is -0.508 e. The van der Waals surface area contributed by atoms with Crippen molar-refractivity contribution in [3.05, 3.63) is 23.4 Å². The molecule has 2 aromatic rings. The van der Waals surface area contributed by atoms with Crippen LogP contribution in [0.25, 0.3) is 10.9 Å². The Morgan fingerprint density at radius 3 is 3.06 bits per heavy atom. The van der Waals surface area contributed by atoms with Crippen LogP contribution in [-0.4, -0.2) is 20.9 Å². The number of aromatic hydroxyl groups is 1. The molecule has 1 aliphatic rings. The van der Waals surface area contributed by atoms with Crippen molar-refractivity contribution < 1.29 is 5.11 Å². The highest BCUT2D eigenvalue weighted by molar-refractivity contribution is 5.87. The van der Waals surface area contributed by atoms with Crippen molar-refractivity contribution in [3.8, 4) is 5.75 Å². The van der Waals surface area contributed by atoms with Gasteiger partial charge >= 0.3 is 0 Å². The lowest BCUT2D eigenvalue weighted by atomic mass is 9.94. The first kappa shape index (κ1) is 10.6.